The summed E-state index contributed by atoms with van der Waals surface area (Å²) in [5.74, 6) is -4.58. The van der Waals surface area contributed by atoms with Crippen LogP contribution < -0.4 is 0 Å². The summed E-state index contributed by atoms with van der Waals surface area (Å²) < 4.78 is 11.9. The Balaban J connectivity index is 1.72. The van der Waals surface area contributed by atoms with E-state index in [0.29, 0.717) is 0 Å². The molecule has 5 N–H and O–H groups in total. The Morgan fingerprint density at radius 2 is 1.80 bits per heavy atom. The molecule has 10 nitrogen and oxygen atoms in total. The lowest BCUT2D eigenvalue weighted by molar-refractivity contribution is -0.344. The zero-order valence-corrected chi connectivity index (χ0v) is 19.6. The molecule has 0 bridgehead atoms. The summed E-state index contributed by atoms with van der Waals surface area (Å²) in [7, 11) is 0. The predicted octanol–water partition coefficient (Wildman–Crippen LogP) is 0.399. The van der Waals surface area contributed by atoms with Gasteiger partial charge in [-0.15, -0.1) is 0 Å². The van der Waals surface area contributed by atoms with E-state index < -0.39 is 76.3 Å². The van der Waals surface area contributed by atoms with Crippen molar-refractivity contribution in [2.45, 2.75) is 93.3 Å². The Morgan fingerprint density at radius 3 is 2.49 bits per heavy atom. The molecule has 4 aliphatic rings. The molecule has 0 unspecified atom stereocenters. The third kappa shape index (κ3) is 3.14. The lowest BCUT2D eigenvalue weighted by Gasteiger charge is -2.63. The van der Waals surface area contributed by atoms with Crippen LogP contribution in [0.4, 0.5) is 0 Å². The molecule has 0 spiro atoms. The van der Waals surface area contributed by atoms with E-state index in [1.54, 1.807) is 6.92 Å². The van der Waals surface area contributed by atoms with Gasteiger partial charge in [0.25, 0.3) is 0 Å². The van der Waals surface area contributed by atoms with Gasteiger partial charge in [-0.25, -0.2) is 0 Å². The summed E-state index contributed by atoms with van der Waals surface area (Å²) in [6.07, 6.45) is -3.63. The Kier molecular flexibility index (Phi) is 5.35. The standard InChI is InChI=1S/C25H30O10/c1-12-15(26)6-7-18(34-12)35-25-17(28)10-22(2,31)11-23(25,32)9-8-14-20(29)19-13(4-3-5-16(19)27)21(30)24(14,25)33/h3-5,12,14-15,18,26-27,31-33H,6-11H2,1-2H3/t12-,14-,15-,18-,22-,23-,24+,25+/m0/s1. The highest BCUT2D eigenvalue weighted by molar-refractivity contribution is 6.23. The van der Waals surface area contributed by atoms with Crippen molar-refractivity contribution in [3.63, 3.8) is 0 Å². The first kappa shape index (κ1) is 24.5. The molecule has 5 rings (SSSR count). The minimum atomic E-state index is -2.81. The van der Waals surface area contributed by atoms with Gasteiger partial charge in [0.05, 0.1) is 29.3 Å². The number of ether oxygens (including phenoxy) is 2. The average molecular weight is 491 g/mol. The quantitative estimate of drug-likeness (QED) is 0.391. The number of phenols is 1. The van der Waals surface area contributed by atoms with Crippen molar-refractivity contribution < 1.29 is 49.4 Å². The van der Waals surface area contributed by atoms with E-state index >= 15 is 0 Å². The molecule has 2 saturated carbocycles. The molecule has 0 amide bonds. The van der Waals surface area contributed by atoms with Crippen LogP contribution >= 0.6 is 0 Å². The highest BCUT2D eigenvalue weighted by Crippen LogP contribution is 2.60. The number of aliphatic hydroxyl groups excluding tert-OH is 1. The molecule has 190 valence electrons. The fraction of sp³-hybridized carbons (Fsp3) is 0.640. The van der Waals surface area contributed by atoms with Gasteiger partial charge in [-0.05, 0) is 39.2 Å². The van der Waals surface area contributed by atoms with E-state index in [4.69, 9.17) is 9.47 Å². The number of benzene rings is 1. The Hall–Kier alpha value is -2.21. The second kappa shape index (κ2) is 7.64. The predicted molar refractivity (Wildman–Crippen MR) is 118 cm³/mol. The first-order chi connectivity index (χ1) is 16.3. The number of carbonyl (C=O) groups excluding carboxylic acids is 3. The Morgan fingerprint density at radius 1 is 1.09 bits per heavy atom. The lowest BCUT2D eigenvalue weighted by Crippen LogP contribution is -2.84. The molecule has 3 aliphatic carbocycles. The van der Waals surface area contributed by atoms with Crippen LogP contribution in [0.5, 0.6) is 5.75 Å². The van der Waals surface area contributed by atoms with Gasteiger partial charge in [-0.3, -0.25) is 14.4 Å². The van der Waals surface area contributed by atoms with Crippen molar-refractivity contribution in [1.82, 2.24) is 0 Å². The van der Waals surface area contributed by atoms with Gasteiger partial charge < -0.3 is 35.0 Å². The SMILES string of the molecule is C[C@@H]1O[C@@H](O[C@]23C(=O)C[C@](C)(O)C[C@@]2(O)CC[C@H]2C(=O)c4c(O)cccc4C(=O)[C@]23O)CC[C@@H]1O. The Bertz CT molecular complexity index is 1110. The second-order valence-corrected chi connectivity index (χ2v) is 10.8. The second-order valence-electron chi connectivity index (χ2n) is 10.8. The maximum Gasteiger partial charge on any atom is 0.199 e. The van der Waals surface area contributed by atoms with Gasteiger partial charge in [0.2, 0.25) is 0 Å². The van der Waals surface area contributed by atoms with Crippen LogP contribution in [0.25, 0.3) is 0 Å². The number of aliphatic hydroxyl groups is 4. The number of hydrogen-bond acceptors (Lipinski definition) is 10. The molecule has 1 heterocycles. The van der Waals surface area contributed by atoms with Crippen molar-refractivity contribution in [3.8, 4) is 5.75 Å². The summed E-state index contributed by atoms with van der Waals surface area (Å²) >= 11 is 0. The number of aromatic hydroxyl groups is 1. The summed E-state index contributed by atoms with van der Waals surface area (Å²) in [6.45, 7) is 2.98. The fourth-order valence-corrected chi connectivity index (χ4v) is 6.71. The number of carbonyl (C=O) groups is 3. The molecule has 1 aromatic rings. The first-order valence-corrected chi connectivity index (χ1v) is 11.9. The largest absolute Gasteiger partial charge is 0.507 e. The number of ketones is 3. The van der Waals surface area contributed by atoms with E-state index in [0.717, 1.165) is 0 Å². The number of fused-ring (bicyclic) bond motifs is 4. The van der Waals surface area contributed by atoms with Crippen LogP contribution in [0, 0.1) is 5.92 Å². The van der Waals surface area contributed by atoms with Crippen LogP contribution in [-0.2, 0) is 14.3 Å². The fourth-order valence-electron chi connectivity index (χ4n) is 6.71. The van der Waals surface area contributed by atoms with Crippen LogP contribution in [0.1, 0.15) is 73.1 Å². The third-order valence-corrected chi connectivity index (χ3v) is 8.26. The molecule has 1 aliphatic heterocycles. The number of hydrogen-bond donors (Lipinski definition) is 5. The monoisotopic (exact) mass is 490 g/mol. The third-order valence-electron chi connectivity index (χ3n) is 8.26. The first-order valence-electron chi connectivity index (χ1n) is 11.9. The maximum absolute atomic E-state index is 13.9. The van der Waals surface area contributed by atoms with Gasteiger partial charge >= 0.3 is 0 Å². The highest BCUT2D eigenvalue weighted by Gasteiger charge is 2.80. The number of phenolic OH excluding ortho intramolecular Hbond substituents is 1. The van der Waals surface area contributed by atoms with Crippen molar-refractivity contribution >= 4 is 17.3 Å². The normalized spacial score (nSPS) is 45.5. The van der Waals surface area contributed by atoms with Crippen molar-refractivity contribution in [2.75, 3.05) is 0 Å². The van der Waals surface area contributed by atoms with E-state index in [9.17, 15) is 39.9 Å². The van der Waals surface area contributed by atoms with E-state index in [1.807, 2.05) is 0 Å². The van der Waals surface area contributed by atoms with E-state index in [-0.39, 0.29) is 43.2 Å². The van der Waals surface area contributed by atoms with Gasteiger partial charge in [0.15, 0.2) is 34.8 Å². The molecule has 35 heavy (non-hydrogen) atoms. The molecular formula is C25H30O10. The summed E-state index contributed by atoms with van der Waals surface area (Å²) in [5.41, 5.74) is -9.80. The molecule has 0 radical (unpaired) electrons. The molecule has 10 heteroatoms. The van der Waals surface area contributed by atoms with Crippen LogP contribution in [0.3, 0.4) is 0 Å². The molecule has 0 aromatic heterocycles. The van der Waals surface area contributed by atoms with Gasteiger partial charge in [-0.1, -0.05) is 12.1 Å². The highest BCUT2D eigenvalue weighted by atomic mass is 16.7. The Labute approximate surface area is 201 Å². The van der Waals surface area contributed by atoms with Gasteiger partial charge in [0, 0.05) is 24.8 Å². The topological polar surface area (TPSA) is 171 Å². The molecule has 1 aromatic carbocycles. The summed E-state index contributed by atoms with van der Waals surface area (Å²) in [5, 5.41) is 55.3. The average Bonchev–Trinajstić information content (AvgIpc) is 2.75. The van der Waals surface area contributed by atoms with E-state index in [2.05, 4.69) is 0 Å². The van der Waals surface area contributed by atoms with Crippen molar-refractivity contribution in [3.05, 3.63) is 29.3 Å². The van der Waals surface area contributed by atoms with Gasteiger partial charge in [0.1, 0.15) is 11.4 Å². The summed E-state index contributed by atoms with van der Waals surface area (Å²) in [6, 6.07) is 3.86. The lowest BCUT2D eigenvalue weighted by atomic mass is 9.47. The smallest absolute Gasteiger partial charge is 0.199 e. The zero-order chi connectivity index (χ0) is 25.6. The molecule has 1 saturated heterocycles. The number of rotatable bonds is 2. The maximum atomic E-state index is 13.9. The molecule has 8 atom stereocenters. The zero-order valence-electron chi connectivity index (χ0n) is 19.6. The van der Waals surface area contributed by atoms with E-state index in [1.165, 1.54) is 25.1 Å². The van der Waals surface area contributed by atoms with Crippen LogP contribution in [0.2, 0.25) is 0 Å². The minimum absolute atomic E-state index is 0.104. The van der Waals surface area contributed by atoms with Gasteiger partial charge in [-0.2, -0.15) is 0 Å². The summed E-state index contributed by atoms with van der Waals surface area (Å²) in [4.78, 5) is 41.3. The van der Waals surface area contributed by atoms with Crippen molar-refractivity contribution in [2.24, 2.45) is 5.92 Å². The van der Waals surface area contributed by atoms with Crippen molar-refractivity contribution in [1.29, 1.82) is 0 Å². The number of Topliss-reactive ketones (excluding diaryl/α,β-unsaturated/α-hetero) is 3. The minimum Gasteiger partial charge on any atom is -0.507 e. The molecule has 3 fully saturated rings. The molecular weight excluding hydrogens is 460 g/mol. The van der Waals surface area contributed by atoms with Crippen LogP contribution in [0.15, 0.2) is 18.2 Å². The van der Waals surface area contributed by atoms with Crippen LogP contribution in [-0.4, -0.2) is 83.8 Å².